The summed E-state index contributed by atoms with van der Waals surface area (Å²) in [4.78, 5) is 23.4. The Hall–Kier alpha value is -3.10. The Balaban J connectivity index is 1.75. The molecular formula is C22H20N2O5S. The van der Waals surface area contributed by atoms with Gasteiger partial charge in [-0.2, -0.15) is 4.31 Å². The van der Waals surface area contributed by atoms with Gasteiger partial charge in [0.05, 0.1) is 10.3 Å². The molecule has 0 saturated carbocycles. The number of ketones is 1. The van der Waals surface area contributed by atoms with E-state index < -0.39 is 32.0 Å². The van der Waals surface area contributed by atoms with Crippen LogP contribution in [0.2, 0.25) is 0 Å². The number of nitrogens with zero attached hydrogens (tertiary/aromatic N) is 2. The molecule has 2 aromatic rings. The zero-order valence-corrected chi connectivity index (χ0v) is 16.9. The number of carbonyl (C=O) groups is 1. The molecule has 1 fully saturated rings. The van der Waals surface area contributed by atoms with Gasteiger partial charge in [0.2, 0.25) is 10.0 Å². The van der Waals surface area contributed by atoms with Gasteiger partial charge in [-0.05, 0) is 29.7 Å². The molecule has 0 amide bonds. The molecule has 0 radical (unpaired) electrons. The van der Waals surface area contributed by atoms with Crippen LogP contribution < -0.4 is 0 Å². The molecule has 30 heavy (non-hydrogen) atoms. The van der Waals surface area contributed by atoms with Gasteiger partial charge in [0, 0.05) is 25.1 Å². The van der Waals surface area contributed by atoms with Crippen LogP contribution in [0.3, 0.4) is 0 Å². The van der Waals surface area contributed by atoms with Crippen LogP contribution in [-0.2, 0) is 20.2 Å². The maximum absolute atomic E-state index is 13.3. The third kappa shape index (κ3) is 2.91. The zero-order chi connectivity index (χ0) is 21.5. The minimum atomic E-state index is -4.12. The molecule has 0 aromatic heterocycles. The number of hydrogen-bond acceptors (Lipinski definition) is 5. The maximum Gasteiger partial charge on any atom is 0.289 e. The van der Waals surface area contributed by atoms with E-state index in [0.717, 1.165) is 11.1 Å². The number of para-hydroxylation sites is 1. The molecule has 1 saturated heterocycles. The summed E-state index contributed by atoms with van der Waals surface area (Å²) in [7, 11) is -4.12. The van der Waals surface area contributed by atoms with Crippen LogP contribution in [0.1, 0.15) is 17.5 Å². The molecule has 0 unspecified atom stereocenters. The number of nitro benzene ring substituents is 1. The van der Waals surface area contributed by atoms with Crippen molar-refractivity contribution in [2.45, 2.75) is 16.7 Å². The molecule has 1 aliphatic heterocycles. The third-order valence-corrected chi connectivity index (χ3v) is 7.96. The van der Waals surface area contributed by atoms with Crippen molar-refractivity contribution >= 4 is 27.6 Å². The molecule has 154 valence electrons. The van der Waals surface area contributed by atoms with Gasteiger partial charge in [0.25, 0.3) is 5.69 Å². The molecule has 1 heterocycles. The first-order chi connectivity index (χ1) is 14.3. The van der Waals surface area contributed by atoms with E-state index in [1.807, 2.05) is 24.3 Å². The van der Waals surface area contributed by atoms with Crippen molar-refractivity contribution in [3.8, 4) is 0 Å². The van der Waals surface area contributed by atoms with E-state index in [9.17, 15) is 23.3 Å². The van der Waals surface area contributed by atoms with Crippen molar-refractivity contribution in [1.82, 2.24) is 4.31 Å². The van der Waals surface area contributed by atoms with Crippen LogP contribution in [0.25, 0.3) is 6.08 Å². The predicted molar refractivity (Wildman–Crippen MR) is 112 cm³/mol. The highest BCUT2D eigenvalue weighted by Crippen LogP contribution is 2.46. The second kappa shape index (κ2) is 7.30. The Morgan fingerprint density at radius 1 is 1.13 bits per heavy atom. The highest BCUT2D eigenvalue weighted by Gasteiger charge is 2.51. The Morgan fingerprint density at radius 3 is 2.57 bits per heavy atom. The summed E-state index contributed by atoms with van der Waals surface area (Å²) < 4.78 is 27.7. The van der Waals surface area contributed by atoms with E-state index in [4.69, 9.17) is 0 Å². The second-order valence-corrected chi connectivity index (χ2v) is 9.34. The average molecular weight is 424 g/mol. The number of piperidine rings is 1. The van der Waals surface area contributed by atoms with Gasteiger partial charge < -0.3 is 0 Å². The first kappa shape index (κ1) is 20.2. The number of carbonyl (C=O) groups excluding carboxylic acids is 1. The summed E-state index contributed by atoms with van der Waals surface area (Å²) in [6.45, 7) is 3.97. The van der Waals surface area contributed by atoms with Gasteiger partial charge in [0.1, 0.15) is 0 Å². The van der Waals surface area contributed by atoms with Crippen LogP contribution >= 0.6 is 0 Å². The summed E-state index contributed by atoms with van der Waals surface area (Å²) in [5, 5.41) is 11.3. The number of benzene rings is 2. The number of allylic oxidation sites excluding steroid dienone is 1. The molecule has 0 N–H and O–H groups in total. The smallest absolute Gasteiger partial charge is 0.289 e. The molecule has 1 aliphatic carbocycles. The Labute approximate surface area is 174 Å². The summed E-state index contributed by atoms with van der Waals surface area (Å²) in [6, 6.07) is 12.9. The lowest BCUT2D eigenvalue weighted by Gasteiger charge is -2.46. The van der Waals surface area contributed by atoms with E-state index >= 15 is 0 Å². The molecule has 4 rings (SSSR count). The molecule has 1 spiro atoms. The fourth-order valence-corrected chi connectivity index (χ4v) is 6.17. The topological polar surface area (TPSA) is 97.6 Å². The molecule has 2 aliphatic rings. The lowest BCUT2D eigenvalue weighted by molar-refractivity contribution is -0.387. The van der Waals surface area contributed by atoms with E-state index in [1.54, 1.807) is 18.2 Å². The molecule has 2 aromatic carbocycles. The lowest BCUT2D eigenvalue weighted by atomic mass is 9.61. The van der Waals surface area contributed by atoms with Crippen LogP contribution in [0.15, 0.2) is 72.2 Å². The number of fused-ring (bicyclic) bond motifs is 2. The number of hydrogen-bond donors (Lipinski definition) is 0. The molecule has 0 bridgehead atoms. The largest absolute Gasteiger partial charge is 0.294 e. The standard InChI is InChI=1S/C22H20N2O5S/c1-2-17-15-23(30(28,29)20-10-6-5-9-19(20)24(26)27)14-13-22(17)18-8-4-3-7-16(18)11-12-21(22)25/h2-12,17H,1,13-15H2/t17-,22+/m1/s1. The van der Waals surface area contributed by atoms with Crippen molar-refractivity contribution in [2.24, 2.45) is 5.92 Å². The number of sulfonamides is 1. The molecule has 7 nitrogen and oxygen atoms in total. The molecule has 8 heteroatoms. The van der Waals surface area contributed by atoms with E-state index in [0.29, 0.717) is 0 Å². The van der Waals surface area contributed by atoms with Crippen LogP contribution in [0.4, 0.5) is 5.69 Å². The Bertz CT molecular complexity index is 1190. The summed E-state index contributed by atoms with van der Waals surface area (Å²) in [5.74, 6) is -0.545. The first-order valence-electron chi connectivity index (χ1n) is 9.50. The highest BCUT2D eigenvalue weighted by atomic mass is 32.2. The fraction of sp³-hybridized carbons (Fsp3) is 0.227. The Morgan fingerprint density at radius 2 is 1.83 bits per heavy atom. The fourth-order valence-electron chi connectivity index (χ4n) is 4.55. The summed E-state index contributed by atoms with van der Waals surface area (Å²) in [5.41, 5.74) is 0.445. The minimum absolute atomic E-state index is 0.0196. The maximum atomic E-state index is 13.3. The van der Waals surface area contributed by atoms with Gasteiger partial charge in [-0.25, -0.2) is 8.42 Å². The monoisotopic (exact) mass is 424 g/mol. The van der Waals surface area contributed by atoms with E-state index in [2.05, 4.69) is 6.58 Å². The zero-order valence-electron chi connectivity index (χ0n) is 16.1. The first-order valence-corrected chi connectivity index (χ1v) is 10.9. The number of rotatable bonds is 4. The van der Waals surface area contributed by atoms with Crippen molar-refractivity contribution in [3.63, 3.8) is 0 Å². The van der Waals surface area contributed by atoms with Crippen molar-refractivity contribution < 1.29 is 18.1 Å². The van der Waals surface area contributed by atoms with Crippen LogP contribution in [-0.4, -0.2) is 36.5 Å². The van der Waals surface area contributed by atoms with Crippen molar-refractivity contribution in [1.29, 1.82) is 0 Å². The number of nitro groups is 1. The second-order valence-electron chi connectivity index (χ2n) is 7.44. The van der Waals surface area contributed by atoms with Gasteiger partial charge in [-0.3, -0.25) is 14.9 Å². The predicted octanol–water partition coefficient (Wildman–Crippen LogP) is 3.33. The highest BCUT2D eigenvalue weighted by molar-refractivity contribution is 7.89. The van der Waals surface area contributed by atoms with Gasteiger partial charge in [-0.15, -0.1) is 6.58 Å². The Kier molecular flexibility index (Phi) is 4.91. The quantitative estimate of drug-likeness (QED) is 0.426. The molecule has 2 atom stereocenters. The van der Waals surface area contributed by atoms with E-state index in [-0.39, 0.29) is 30.2 Å². The van der Waals surface area contributed by atoms with E-state index in [1.165, 1.54) is 28.6 Å². The normalized spacial score (nSPS) is 23.9. The van der Waals surface area contributed by atoms with Crippen molar-refractivity contribution in [3.05, 3.63) is 88.5 Å². The minimum Gasteiger partial charge on any atom is -0.294 e. The third-order valence-electron chi connectivity index (χ3n) is 6.05. The average Bonchev–Trinajstić information content (AvgIpc) is 2.76. The van der Waals surface area contributed by atoms with Gasteiger partial charge in [0.15, 0.2) is 10.7 Å². The lowest BCUT2D eigenvalue weighted by Crippen LogP contribution is -2.55. The van der Waals surface area contributed by atoms with Gasteiger partial charge in [-0.1, -0.05) is 48.6 Å². The summed E-state index contributed by atoms with van der Waals surface area (Å²) in [6.07, 6.45) is 5.21. The molecular weight excluding hydrogens is 404 g/mol. The summed E-state index contributed by atoms with van der Waals surface area (Å²) >= 11 is 0. The van der Waals surface area contributed by atoms with Crippen LogP contribution in [0, 0.1) is 16.0 Å². The van der Waals surface area contributed by atoms with Gasteiger partial charge >= 0.3 is 0 Å². The van der Waals surface area contributed by atoms with Crippen LogP contribution in [0.5, 0.6) is 0 Å². The van der Waals surface area contributed by atoms with Crippen molar-refractivity contribution in [2.75, 3.05) is 13.1 Å². The SMILES string of the molecule is C=C[C@@H]1CN(S(=O)(=O)c2ccccc2[N+](=O)[O-])CC[C@]12C(=O)C=Cc1ccccc12.